The van der Waals surface area contributed by atoms with Crippen LogP contribution in [0.4, 0.5) is 5.82 Å². The van der Waals surface area contributed by atoms with E-state index in [0.717, 1.165) is 30.7 Å². The molecule has 0 spiro atoms. The highest BCUT2D eigenvalue weighted by molar-refractivity contribution is 5.46. The Balaban J connectivity index is 1.81. The summed E-state index contributed by atoms with van der Waals surface area (Å²) in [6, 6.07) is 5.84. The lowest BCUT2D eigenvalue weighted by Crippen LogP contribution is -2.21. The molecule has 3 heteroatoms. The Bertz CT molecular complexity index is 423. The number of nitriles is 1. The van der Waals surface area contributed by atoms with Crippen LogP contribution in [0.25, 0.3) is 0 Å². The minimum absolute atomic E-state index is 0.710. The molecule has 16 heavy (non-hydrogen) atoms. The summed E-state index contributed by atoms with van der Waals surface area (Å²) in [5.74, 6) is 2.72. The number of hydrogen-bond acceptors (Lipinski definition) is 3. The second-order valence-corrected chi connectivity index (χ2v) is 4.87. The molecule has 2 heterocycles. The van der Waals surface area contributed by atoms with Gasteiger partial charge in [0.1, 0.15) is 5.82 Å². The summed E-state index contributed by atoms with van der Waals surface area (Å²) in [5, 5.41) is 8.87. The van der Waals surface area contributed by atoms with E-state index in [1.54, 1.807) is 12.3 Å². The summed E-state index contributed by atoms with van der Waals surface area (Å²) in [5.41, 5.74) is 0.710. The molecule has 3 rings (SSSR count). The summed E-state index contributed by atoms with van der Waals surface area (Å²) < 4.78 is 0. The van der Waals surface area contributed by atoms with Crippen molar-refractivity contribution < 1.29 is 0 Å². The average Bonchev–Trinajstić information content (AvgIpc) is 2.89. The fourth-order valence-corrected chi connectivity index (χ4v) is 3.08. The maximum Gasteiger partial charge on any atom is 0.129 e. The van der Waals surface area contributed by atoms with E-state index in [4.69, 9.17) is 5.26 Å². The molecule has 2 unspecified atom stereocenters. The van der Waals surface area contributed by atoms with Crippen LogP contribution in [0.3, 0.4) is 0 Å². The Morgan fingerprint density at radius 2 is 2.06 bits per heavy atom. The number of aromatic nitrogens is 1. The van der Waals surface area contributed by atoms with Gasteiger partial charge in [-0.1, -0.05) is 6.42 Å². The van der Waals surface area contributed by atoms with Crippen molar-refractivity contribution in [3.63, 3.8) is 0 Å². The van der Waals surface area contributed by atoms with E-state index in [1.807, 2.05) is 6.07 Å². The largest absolute Gasteiger partial charge is 0.356 e. The van der Waals surface area contributed by atoms with Crippen LogP contribution >= 0.6 is 0 Å². The number of anilines is 1. The number of rotatable bonds is 1. The van der Waals surface area contributed by atoms with Gasteiger partial charge in [-0.3, -0.25) is 0 Å². The zero-order chi connectivity index (χ0) is 11.0. The Morgan fingerprint density at radius 1 is 1.31 bits per heavy atom. The van der Waals surface area contributed by atoms with E-state index in [9.17, 15) is 0 Å². The third kappa shape index (κ3) is 1.55. The first-order valence-corrected chi connectivity index (χ1v) is 5.98. The van der Waals surface area contributed by atoms with Crippen molar-refractivity contribution >= 4 is 5.82 Å². The quantitative estimate of drug-likeness (QED) is 0.718. The molecule has 0 aromatic carbocycles. The molecule has 2 atom stereocenters. The molecule has 1 saturated carbocycles. The second kappa shape index (κ2) is 3.79. The van der Waals surface area contributed by atoms with Gasteiger partial charge < -0.3 is 4.90 Å². The van der Waals surface area contributed by atoms with Crippen molar-refractivity contribution in [1.82, 2.24) is 4.98 Å². The van der Waals surface area contributed by atoms with Gasteiger partial charge in [0.25, 0.3) is 0 Å². The molecule has 0 amide bonds. The standard InChI is InChI=1S/C13H15N3/c14-7-10-4-5-15-13(6-10)16-8-11-2-1-3-12(11)9-16/h4-6,11-12H,1-3,8-9H2. The number of pyridine rings is 1. The monoisotopic (exact) mass is 213 g/mol. The van der Waals surface area contributed by atoms with Gasteiger partial charge in [-0.2, -0.15) is 5.26 Å². The maximum atomic E-state index is 8.87. The minimum Gasteiger partial charge on any atom is -0.356 e. The molecule has 3 nitrogen and oxygen atoms in total. The van der Waals surface area contributed by atoms with Crippen molar-refractivity contribution in [1.29, 1.82) is 5.26 Å². The van der Waals surface area contributed by atoms with Crippen LogP contribution in [0.2, 0.25) is 0 Å². The van der Waals surface area contributed by atoms with Crippen molar-refractivity contribution in [2.24, 2.45) is 11.8 Å². The first kappa shape index (κ1) is 9.65. The van der Waals surface area contributed by atoms with Gasteiger partial charge in [-0.15, -0.1) is 0 Å². The van der Waals surface area contributed by atoms with Gasteiger partial charge >= 0.3 is 0 Å². The zero-order valence-electron chi connectivity index (χ0n) is 9.26. The van der Waals surface area contributed by atoms with Gasteiger partial charge in [-0.05, 0) is 36.8 Å². The molecule has 2 aliphatic rings. The molecule has 1 aliphatic carbocycles. The smallest absolute Gasteiger partial charge is 0.129 e. The summed E-state index contributed by atoms with van der Waals surface area (Å²) in [7, 11) is 0. The molecule has 1 saturated heterocycles. The van der Waals surface area contributed by atoms with E-state index < -0.39 is 0 Å². The van der Waals surface area contributed by atoms with E-state index >= 15 is 0 Å². The normalized spacial score (nSPS) is 27.8. The SMILES string of the molecule is N#Cc1ccnc(N2CC3CCCC3C2)c1. The van der Waals surface area contributed by atoms with E-state index in [0.29, 0.717) is 5.56 Å². The summed E-state index contributed by atoms with van der Waals surface area (Å²) in [6.45, 7) is 2.26. The van der Waals surface area contributed by atoms with Crippen molar-refractivity contribution in [3.05, 3.63) is 23.9 Å². The number of nitrogens with zero attached hydrogens (tertiary/aromatic N) is 3. The third-order valence-electron chi connectivity index (χ3n) is 3.92. The Labute approximate surface area is 95.7 Å². The highest BCUT2D eigenvalue weighted by Crippen LogP contribution is 2.39. The lowest BCUT2D eigenvalue weighted by atomic mass is 10.0. The van der Waals surface area contributed by atoms with E-state index in [2.05, 4.69) is 16.0 Å². The maximum absolute atomic E-state index is 8.87. The number of hydrogen-bond donors (Lipinski definition) is 0. The second-order valence-electron chi connectivity index (χ2n) is 4.87. The van der Waals surface area contributed by atoms with Crippen LogP contribution < -0.4 is 4.90 Å². The van der Waals surface area contributed by atoms with Crippen molar-refractivity contribution in [3.8, 4) is 6.07 Å². The molecule has 0 bridgehead atoms. The van der Waals surface area contributed by atoms with Crippen LogP contribution in [0.1, 0.15) is 24.8 Å². The third-order valence-corrected chi connectivity index (χ3v) is 3.92. The highest BCUT2D eigenvalue weighted by Gasteiger charge is 2.36. The summed E-state index contributed by atoms with van der Waals surface area (Å²) in [6.07, 6.45) is 5.88. The van der Waals surface area contributed by atoms with Crippen molar-refractivity contribution in [2.75, 3.05) is 18.0 Å². The molecule has 0 N–H and O–H groups in total. The van der Waals surface area contributed by atoms with Crippen LogP contribution in [0, 0.1) is 23.2 Å². The Morgan fingerprint density at radius 3 is 2.75 bits per heavy atom. The lowest BCUT2D eigenvalue weighted by molar-refractivity contribution is 0.494. The summed E-state index contributed by atoms with van der Waals surface area (Å²) >= 11 is 0. The van der Waals surface area contributed by atoms with Crippen molar-refractivity contribution in [2.45, 2.75) is 19.3 Å². The lowest BCUT2D eigenvalue weighted by Gasteiger charge is -2.18. The van der Waals surface area contributed by atoms with Gasteiger partial charge in [-0.25, -0.2) is 4.98 Å². The predicted molar refractivity (Wildman–Crippen MR) is 62.0 cm³/mol. The summed E-state index contributed by atoms with van der Waals surface area (Å²) in [4.78, 5) is 6.71. The molecule has 82 valence electrons. The van der Waals surface area contributed by atoms with Gasteiger partial charge in [0, 0.05) is 19.3 Å². The molecular formula is C13H15N3. The van der Waals surface area contributed by atoms with Gasteiger partial charge in [0.15, 0.2) is 0 Å². The predicted octanol–water partition coefficient (Wildman–Crippen LogP) is 2.19. The van der Waals surface area contributed by atoms with Crippen LogP contribution in [-0.2, 0) is 0 Å². The minimum atomic E-state index is 0.710. The first-order chi connectivity index (χ1) is 7.86. The zero-order valence-corrected chi connectivity index (χ0v) is 9.26. The molecule has 0 radical (unpaired) electrons. The number of fused-ring (bicyclic) bond motifs is 1. The van der Waals surface area contributed by atoms with Gasteiger partial charge in [0.05, 0.1) is 11.6 Å². The van der Waals surface area contributed by atoms with Crippen LogP contribution in [-0.4, -0.2) is 18.1 Å². The molecule has 1 aromatic rings. The fraction of sp³-hybridized carbons (Fsp3) is 0.538. The Kier molecular flexibility index (Phi) is 2.28. The van der Waals surface area contributed by atoms with E-state index in [1.165, 1.54) is 19.3 Å². The Hall–Kier alpha value is -1.56. The highest BCUT2D eigenvalue weighted by atomic mass is 15.2. The molecular weight excluding hydrogens is 198 g/mol. The molecule has 1 aliphatic heterocycles. The molecule has 1 aromatic heterocycles. The average molecular weight is 213 g/mol. The fourth-order valence-electron chi connectivity index (χ4n) is 3.08. The van der Waals surface area contributed by atoms with Crippen LogP contribution in [0.15, 0.2) is 18.3 Å². The van der Waals surface area contributed by atoms with Crippen LogP contribution in [0.5, 0.6) is 0 Å². The topological polar surface area (TPSA) is 39.9 Å². The van der Waals surface area contributed by atoms with E-state index in [-0.39, 0.29) is 0 Å². The molecule has 2 fully saturated rings. The first-order valence-electron chi connectivity index (χ1n) is 5.98. The van der Waals surface area contributed by atoms with Gasteiger partial charge in [0.2, 0.25) is 0 Å².